The van der Waals surface area contributed by atoms with Crippen LogP contribution in [0, 0.1) is 0 Å². The van der Waals surface area contributed by atoms with E-state index in [1.807, 2.05) is 6.07 Å². The number of rotatable bonds is 6. The van der Waals surface area contributed by atoms with E-state index in [2.05, 4.69) is 59.0 Å². The minimum atomic E-state index is -0.541. The smallest absolute Gasteiger partial charge is 0.248 e. The molecule has 7 heteroatoms. The van der Waals surface area contributed by atoms with E-state index in [1.54, 1.807) is 24.3 Å². The number of nitrogens with zero attached hydrogens (tertiary/aromatic N) is 1. The maximum atomic E-state index is 12.6. The van der Waals surface area contributed by atoms with Crippen LogP contribution < -0.4 is 22.0 Å². The summed E-state index contributed by atoms with van der Waals surface area (Å²) in [6, 6.07) is 17.8. The first kappa shape index (κ1) is 20.3. The van der Waals surface area contributed by atoms with Gasteiger partial charge in [0.05, 0.1) is 0 Å². The molecule has 0 radical (unpaired) electrons. The topological polar surface area (TPSA) is 103 Å². The second-order valence-corrected chi connectivity index (χ2v) is 8.03. The van der Waals surface area contributed by atoms with Crippen molar-refractivity contribution in [3.05, 3.63) is 81.6 Å². The molecule has 3 atom stereocenters. The zero-order valence-electron chi connectivity index (χ0n) is 17.2. The number of hydrogen-bond acceptors (Lipinski definition) is 5. The minimum Gasteiger partial charge on any atom is -0.366 e. The first-order valence-electron chi connectivity index (χ1n) is 10.1. The maximum absolute atomic E-state index is 12.6. The molecule has 0 saturated carbocycles. The fourth-order valence-corrected chi connectivity index (χ4v) is 4.06. The zero-order chi connectivity index (χ0) is 21.3. The van der Waals surface area contributed by atoms with Crippen LogP contribution in [0.2, 0.25) is 0 Å². The lowest BCUT2D eigenvalue weighted by Crippen LogP contribution is -2.45. The Bertz CT molecular complexity index is 1110. The van der Waals surface area contributed by atoms with Crippen LogP contribution in [0.1, 0.15) is 41.0 Å². The molecule has 1 amide bonds. The van der Waals surface area contributed by atoms with E-state index in [1.165, 1.54) is 5.56 Å². The Hall–Kier alpha value is -3.00. The number of hydrazine groups is 1. The SMILES string of the molecule is CC(C1CC(c2ccccc2)NN1)N(C)Cc1cc(=O)c2cc(C(N)=O)ccc2[nH]1. The lowest BCUT2D eigenvalue weighted by Gasteiger charge is -2.29. The number of aromatic amines is 1. The second-order valence-electron chi connectivity index (χ2n) is 8.03. The average molecular weight is 406 g/mol. The van der Waals surface area contributed by atoms with Crippen LogP contribution in [0.4, 0.5) is 0 Å². The quantitative estimate of drug-likeness (QED) is 0.503. The second kappa shape index (κ2) is 8.39. The lowest BCUT2D eigenvalue weighted by molar-refractivity contribution is 0.100. The summed E-state index contributed by atoms with van der Waals surface area (Å²) in [5.41, 5.74) is 15.2. The summed E-state index contributed by atoms with van der Waals surface area (Å²) in [5, 5.41) is 0.470. The van der Waals surface area contributed by atoms with Gasteiger partial charge >= 0.3 is 0 Å². The first-order valence-corrected chi connectivity index (χ1v) is 10.1. The monoisotopic (exact) mass is 405 g/mol. The standard InChI is InChI=1S/C23H27N5O2/c1-14(20-12-21(27-26-20)15-6-4-3-5-7-15)28(2)13-17-11-22(29)18-10-16(23(24)30)8-9-19(18)25-17/h3-11,14,20-21,26-27H,12-13H2,1-2H3,(H2,24,30)(H,25,29). The van der Waals surface area contributed by atoms with E-state index in [-0.39, 0.29) is 23.6 Å². The van der Waals surface area contributed by atoms with Gasteiger partial charge in [0.2, 0.25) is 5.91 Å². The predicted octanol–water partition coefficient (Wildman–Crippen LogP) is 2.06. The molecule has 1 aromatic heterocycles. The van der Waals surface area contributed by atoms with Crippen molar-refractivity contribution in [1.82, 2.24) is 20.7 Å². The van der Waals surface area contributed by atoms with Crippen molar-refractivity contribution in [1.29, 1.82) is 0 Å². The third-order valence-corrected chi connectivity index (χ3v) is 6.00. The van der Waals surface area contributed by atoms with Crippen molar-refractivity contribution in [2.45, 2.75) is 38.0 Å². The number of benzene rings is 2. The van der Waals surface area contributed by atoms with Crippen molar-refractivity contribution >= 4 is 16.8 Å². The molecule has 3 aromatic rings. The van der Waals surface area contributed by atoms with E-state index >= 15 is 0 Å². The van der Waals surface area contributed by atoms with E-state index in [0.29, 0.717) is 23.0 Å². The van der Waals surface area contributed by atoms with Crippen molar-refractivity contribution in [2.24, 2.45) is 5.73 Å². The number of hydrogen-bond donors (Lipinski definition) is 4. The molecule has 30 heavy (non-hydrogen) atoms. The molecule has 5 N–H and O–H groups in total. The predicted molar refractivity (Wildman–Crippen MR) is 118 cm³/mol. The highest BCUT2D eigenvalue weighted by molar-refractivity contribution is 5.96. The summed E-state index contributed by atoms with van der Waals surface area (Å²) in [6.07, 6.45) is 0.986. The van der Waals surface area contributed by atoms with E-state index in [9.17, 15) is 9.59 Å². The minimum absolute atomic E-state index is 0.118. The number of amides is 1. The summed E-state index contributed by atoms with van der Waals surface area (Å²) in [6.45, 7) is 2.79. The number of carbonyl (C=O) groups is 1. The molecule has 1 aliphatic heterocycles. The van der Waals surface area contributed by atoms with Crippen LogP contribution in [-0.2, 0) is 6.54 Å². The van der Waals surface area contributed by atoms with Crippen LogP contribution in [-0.4, -0.2) is 34.9 Å². The van der Waals surface area contributed by atoms with E-state index in [0.717, 1.165) is 12.1 Å². The van der Waals surface area contributed by atoms with Gasteiger partial charge in [-0.1, -0.05) is 30.3 Å². The molecule has 156 valence electrons. The first-order chi connectivity index (χ1) is 14.4. The molecule has 2 heterocycles. The largest absolute Gasteiger partial charge is 0.366 e. The number of pyridine rings is 1. The molecule has 1 fully saturated rings. The van der Waals surface area contributed by atoms with Gasteiger partial charge in [0.25, 0.3) is 0 Å². The number of primary amides is 1. The van der Waals surface area contributed by atoms with Gasteiger partial charge in [-0.25, -0.2) is 5.43 Å². The summed E-state index contributed by atoms with van der Waals surface area (Å²) < 4.78 is 0. The molecule has 2 aromatic carbocycles. The van der Waals surface area contributed by atoms with Gasteiger partial charge in [-0.15, -0.1) is 0 Å². The summed E-state index contributed by atoms with van der Waals surface area (Å²) >= 11 is 0. The Labute approximate surface area is 175 Å². The fraction of sp³-hybridized carbons (Fsp3) is 0.304. The Morgan fingerprint density at radius 3 is 2.67 bits per heavy atom. The summed E-state index contributed by atoms with van der Waals surface area (Å²) in [7, 11) is 2.06. The van der Waals surface area contributed by atoms with Gasteiger partial charge in [-0.3, -0.25) is 19.9 Å². The van der Waals surface area contributed by atoms with Gasteiger partial charge in [0.15, 0.2) is 5.43 Å². The van der Waals surface area contributed by atoms with Gasteiger partial charge in [0.1, 0.15) is 0 Å². The van der Waals surface area contributed by atoms with Gasteiger partial charge in [0, 0.05) is 52.9 Å². The molecule has 0 bridgehead atoms. The highest BCUT2D eigenvalue weighted by Crippen LogP contribution is 2.25. The zero-order valence-corrected chi connectivity index (χ0v) is 17.2. The number of nitrogens with two attached hydrogens (primary N) is 1. The molecule has 1 saturated heterocycles. The number of carbonyl (C=O) groups excluding carboxylic acids is 1. The van der Waals surface area contributed by atoms with Gasteiger partial charge < -0.3 is 10.7 Å². The molecule has 1 aliphatic rings. The van der Waals surface area contributed by atoms with Gasteiger partial charge in [-0.2, -0.15) is 0 Å². The molecular weight excluding hydrogens is 378 g/mol. The normalized spacial score (nSPS) is 20.0. The Balaban J connectivity index is 1.46. The summed E-state index contributed by atoms with van der Waals surface area (Å²) in [4.78, 5) is 29.5. The molecule has 4 rings (SSSR count). The molecular formula is C23H27N5O2. The van der Waals surface area contributed by atoms with E-state index < -0.39 is 5.91 Å². The lowest BCUT2D eigenvalue weighted by atomic mass is 9.98. The maximum Gasteiger partial charge on any atom is 0.248 e. The average Bonchev–Trinajstić information content (AvgIpc) is 3.23. The number of likely N-dealkylation sites (N-methyl/N-ethyl adjacent to an activating group) is 1. The molecule has 0 aliphatic carbocycles. The third kappa shape index (κ3) is 4.14. The number of fused-ring (bicyclic) bond motifs is 1. The highest BCUT2D eigenvalue weighted by Gasteiger charge is 2.30. The molecule has 3 unspecified atom stereocenters. The molecule has 0 spiro atoms. The van der Waals surface area contributed by atoms with E-state index in [4.69, 9.17) is 5.73 Å². The highest BCUT2D eigenvalue weighted by atomic mass is 16.1. The van der Waals surface area contributed by atoms with Gasteiger partial charge in [-0.05, 0) is 44.2 Å². The third-order valence-electron chi connectivity index (χ3n) is 6.00. The Morgan fingerprint density at radius 1 is 1.17 bits per heavy atom. The molecule has 7 nitrogen and oxygen atoms in total. The summed E-state index contributed by atoms with van der Waals surface area (Å²) in [5.74, 6) is -0.541. The van der Waals surface area contributed by atoms with Crippen molar-refractivity contribution in [3.63, 3.8) is 0 Å². The fourth-order valence-electron chi connectivity index (χ4n) is 4.06. The number of H-pyrrole nitrogens is 1. The van der Waals surface area contributed by atoms with Crippen LogP contribution >= 0.6 is 0 Å². The van der Waals surface area contributed by atoms with Crippen LogP contribution in [0.15, 0.2) is 59.4 Å². The van der Waals surface area contributed by atoms with Crippen molar-refractivity contribution < 1.29 is 4.79 Å². The Kier molecular flexibility index (Phi) is 5.67. The Morgan fingerprint density at radius 2 is 1.93 bits per heavy atom. The van der Waals surface area contributed by atoms with Crippen molar-refractivity contribution in [3.8, 4) is 0 Å². The van der Waals surface area contributed by atoms with Crippen molar-refractivity contribution in [2.75, 3.05) is 7.05 Å². The van der Waals surface area contributed by atoms with Crippen LogP contribution in [0.3, 0.4) is 0 Å². The number of nitrogens with one attached hydrogen (secondary N) is 3. The van der Waals surface area contributed by atoms with Crippen LogP contribution in [0.5, 0.6) is 0 Å². The van der Waals surface area contributed by atoms with Crippen LogP contribution in [0.25, 0.3) is 10.9 Å². The number of aromatic nitrogens is 1.